The van der Waals surface area contributed by atoms with Gasteiger partial charge >= 0.3 is 17.9 Å². The molecule has 2 aromatic heterocycles. The number of pyridine rings is 1. The predicted octanol–water partition coefficient (Wildman–Crippen LogP) is 1.80. The van der Waals surface area contributed by atoms with Gasteiger partial charge in [0.25, 0.3) is 10.0 Å². The van der Waals surface area contributed by atoms with Gasteiger partial charge in [0.2, 0.25) is 0 Å². The Labute approximate surface area is 236 Å². The van der Waals surface area contributed by atoms with Gasteiger partial charge in [0.05, 0.1) is 31.3 Å². The lowest BCUT2D eigenvalue weighted by Gasteiger charge is -2.24. The summed E-state index contributed by atoms with van der Waals surface area (Å²) >= 11 is 0. The van der Waals surface area contributed by atoms with E-state index in [0.29, 0.717) is 30.1 Å². The largest absolute Gasteiger partial charge is 0.497 e. The molecule has 3 aromatic rings. The summed E-state index contributed by atoms with van der Waals surface area (Å²) in [4.78, 5) is 35.0. The van der Waals surface area contributed by atoms with Crippen molar-refractivity contribution in [1.29, 1.82) is 0 Å². The van der Waals surface area contributed by atoms with Crippen molar-refractivity contribution in [3.8, 4) is 5.75 Å². The normalized spacial score (nSPS) is 11.2. The zero-order valence-electron chi connectivity index (χ0n) is 22.7. The van der Waals surface area contributed by atoms with Crippen molar-refractivity contribution in [2.24, 2.45) is 0 Å². The molecule has 3 rings (SSSR count). The summed E-state index contributed by atoms with van der Waals surface area (Å²) in [6.07, 6.45) is 1.50. The second kappa shape index (κ2) is 14.2. The van der Waals surface area contributed by atoms with E-state index in [4.69, 9.17) is 25.2 Å². The van der Waals surface area contributed by atoms with Gasteiger partial charge in [-0.1, -0.05) is 6.07 Å². The number of hydrogen-bond acceptors (Lipinski definition) is 9. The Hall–Kier alpha value is -4.50. The van der Waals surface area contributed by atoms with Crippen molar-refractivity contribution in [3.63, 3.8) is 0 Å². The van der Waals surface area contributed by atoms with E-state index in [2.05, 4.69) is 10.1 Å². The summed E-state index contributed by atoms with van der Waals surface area (Å²) in [5.74, 6) is -4.35. The first kappa shape index (κ1) is 32.7. The number of ether oxygens (including phenoxy) is 1. The van der Waals surface area contributed by atoms with Crippen molar-refractivity contribution in [2.75, 3.05) is 18.0 Å². The number of rotatable bonds is 13. The maximum absolute atomic E-state index is 13.5. The van der Waals surface area contributed by atoms with Crippen molar-refractivity contribution in [2.45, 2.75) is 50.2 Å². The maximum atomic E-state index is 13.5. The van der Waals surface area contributed by atoms with Crippen molar-refractivity contribution in [1.82, 2.24) is 14.8 Å². The Bertz CT molecular complexity index is 1420. The Morgan fingerprint density at radius 1 is 1.02 bits per heavy atom. The molecule has 0 aliphatic carbocycles. The van der Waals surface area contributed by atoms with Crippen LogP contribution in [0.5, 0.6) is 5.75 Å². The fraction of sp³-hybridized carbons (Fsp3) is 0.346. The highest BCUT2D eigenvalue weighted by Gasteiger charge is 2.40. The van der Waals surface area contributed by atoms with Crippen LogP contribution in [0.3, 0.4) is 0 Å². The van der Waals surface area contributed by atoms with Crippen molar-refractivity contribution < 1.29 is 48.0 Å². The van der Waals surface area contributed by atoms with Crippen LogP contribution in [0.2, 0.25) is 0 Å². The summed E-state index contributed by atoms with van der Waals surface area (Å²) in [6.45, 7) is 4.50. The lowest BCUT2D eigenvalue weighted by Crippen LogP contribution is -2.42. The fourth-order valence-electron chi connectivity index (χ4n) is 3.65. The number of carbonyl (C=O) groups is 3. The lowest BCUT2D eigenvalue weighted by atomic mass is 9.96. The summed E-state index contributed by atoms with van der Waals surface area (Å²) in [5.41, 5.74) is -0.853. The van der Waals surface area contributed by atoms with Gasteiger partial charge in [0.15, 0.2) is 5.60 Å². The molecule has 0 unspecified atom stereocenters. The molecule has 0 aliphatic heterocycles. The molecule has 0 amide bonds. The SMILES string of the molecule is CCn1cc(S(=O)(=O)N(CCc2ccccn2)c2ccc(OC)cc2)c(C)n1.O=C(O)CC(O)(CC(=O)O)C(=O)O. The Kier molecular flexibility index (Phi) is 11.3. The van der Waals surface area contributed by atoms with Crippen LogP contribution in [-0.2, 0) is 37.4 Å². The van der Waals surface area contributed by atoms with Gasteiger partial charge in [-0.05, 0) is 50.2 Å². The van der Waals surface area contributed by atoms with Crippen LogP contribution >= 0.6 is 0 Å². The van der Waals surface area contributed by atoms with Gasteiger partial charge in [0, 0.05) is 37.6 Å². The maximum Gasteiger partial charge on any atom is 0.336 e. The van der Waals surface area contributed by atoms with E-state index in [1.54, 1.807) is 55.4 Å². The van der Waals surface area contributed by atoms with Gasteiger partial charge in [-0.15, -0.1) is 0 Å². The number of aliphatic carboxylic acids is 3. The molecule has 0 bridgehead atoms. The molecule has 0 saturated carbocycles. The molecule has 0 atom stereocenters. The van der Waals surface area contributed by atoms with Gasteiger partial charge in [-0.2, -0.15) is 5.10 Å². The number of carboxylic acid groups (broad SMARTS) is 3. The van der Waals surface area contributed by atoms with E-state index in [0.717, 1.165) is 5.69 Å². The molecule has 222 valence electrons. The monoisotopic (exact) mass is 592 g/mol. The summed E-state index contributed by atoms with van der Waals surface area (Å²) in [7, 11) is -2.21. The van der Waals surface area contributed by atoms with Gasteiger partial charge < -0.3 is 25.2 Å². The minimum absolute atomic E-state index is 0.214. The average Bonchev–Trinajstić information content (AvgIpc) is 3.30. The topological polar surface area (TPSA) is 209 Å². The number of aliphatic hydroxyl groups is 1. The van der Waals surface area contributed by atoms with Crippen LogP contribution in [0, 0.1) is 6.92 Å². The molecule has 4 N–H and O–H groups in total. The van der Waals surface area contributed by atoms with E-state index < -0.39 is 46.4 Å². The molecule has 14 nitrogen and oxygen atoms in total. The number of nitrogens with zero attached hydrogens (tertiary/aromatic N) is 4. The highest BCUT2D eigenvalue weighted by molar-refractivity contribution is 7.92. The number of benzene rings is 1. The molecule has 0 radical (unpaired) electrons. The van der Waals surface area contributed by atoms with E-state index >= 15 is 0 Å². The Morgan fingerprint density at radius 3 is 2.07 bits per heavy atom. The number of aromatic nitrogens is 3. The zero-order valence-corrected chi connectivity index (χ0v) is 23.5. The molecule has 2 heterocycles. The fourth-order valence-corrected chi connectivity index (χ4v) is 5.28. The molecular formula is C26H32N4O10S. The standard InChI is InChI=1S/C20H24N4O3S.C6H8O7/c1-4-23-15-20(16(2)22-23)28(25,26)24(14-12-17-7-5-6-13-21-17)18-8-10-19(27-3)11-9-18;7-3(8)1-6(13,5(11)12)2-4(9)10/h5-11,13,15H,4,12,14H2,1-3H3;13H,1-2H2,(H,7,8)(H,9,10)(H,11,12). The van der Waals surface area contributed by atoms with E-state index in [1.165, 1.54) is 4.31 Å². The van der Waals surface area contributed by atoms with E-state index in [-0.39, 0.29) is 11.4 Å². The number of methoxy groups -OCH3 is 1. The highest BCUT2D eigenvalue weighted by atomic mass is 32.2. The van der Waals surface area contributed by atoms with E-state index in [1.807, 2.05) is 25.1 Å². The second-order valence-electron chi connectivity index (χ2n) is 8.76. The Morgan fingerprint density at radius 2 is 1.63 bits per heavy atom. The number of aryl methyl sites for hydroxylation is 2. The van der Waals surface area contributed by atoms with Crippen LogP contribution in [0.15, 0.2) is 59.8 Å². The molecule has 0 saturated heterocycles. The Balaban J connectivity index is 0.000000383. The zero-order chi connectivity index (χ0) is 30.8. The smallest absolute Gasteiger partial charge is 0.336 e. The van der Waals surface area contributed by atoms with Crippen molar-refractivity contribution >= 4 is 33.6 Å². The third-order valence-corrected chi connectivity index (χ3v) is 7.67. The molecule has 0 aliphatic rings. The first-order valence-corrected chi connectivity index (χ1v) is 13.7. The molecule has 0 spiro atoms. The third kappa shape index (κ3) is 9.01. The summed E-state index contributed by atoms with van der Waals surface area (Å²) in [6, 6.07) is 12.6. The van der Waals surface area contributed by atoms with Crippen LogP contribution in [0.4, 0.5) is 5.69 Å². The van der Waals surface area contributed by atoms with Crippen molar-refractivity contribution in [3.05, 3.63) is 66.2 Å². The molecule has 0 fully saturated rings. The van der Waals surface area contributed by atoms with Crippen LogP contribution in [0.25, 0.3) is 0 Å². The van der Waals surface area contributed by atoms with Crippen LogP contribution < -0.4 is 9.04 Å². The molecule has 41 heavy (non-hydrogen) atoms. The minimum Gasteiger partial charge on any atom is -0.497 e. The minimum atomic E-state index is -3.78. The number of carboxylic acids is 3. The average molecular weight is 593 g/mol. The quantitative estimate of drug-likeness (QED) is 0.224. The number of sulfonamides is 1. The molecular weight excluding hydrogens is 560 g/mol. The third-order valence-electron chi connectivity index (χ3n) is 5.74. The summed E-state index contributed by atoms with van der Waals surface area (Å²) < 4.78 is 35.2. The van der Waals surface area contributed by atoms with Gasteiger partial charge in [-0.25, -0.2) is 13.2 Å². The van der Waals surface area contributed by atoms with Crippen LogP contribution in [0.1, 0.15) is 31.2 Å². The van der Waals surface area contributed by atoms with Gasteiger partial charge in [-0.3, -0.25) is 23.6 Å². The molecule has 15 heteroatoms. The molecule has 1 aromatic carbocycles. The summed E-state index contributed by atoms with van der Waals surface area (Å²) in [5, 5.41) is 38.1. The first-order chi connectivity index (χ1) is 19.2. The lowest BCUT2D eigenvalue weighted by molar-refractivity contribution is -0.170. The first-order valence-electron chi connectivity index (χ1n) is 12.2. The number of hydrogen-bond donors (Lipinski definition) is 4. The van der Waals surface area contributed by atoms with Crippen LogP contribution in [-0.4, -0.2) is 80.8 Å². The predicted molar refractivity (Wildman–Crippen MR) is 145 cm³/mol. The van der Waals surface area contributed by atoms with Gasteiger partial charge in [0.1, 0.15) is 10.6 Å². The highest BCUT2D eigenvalue weighted by Crippen LogP contribution is 2.27. The van der Waals surface area contributed by atoms with E-state index in [9.17, 15) is 22.8 Å². The number of anilines is 1. The second-order valence-corrected chi connectivity index (χ2v) is 10.6.